The number of ether oxygens (including phenoxy) is 1. The third-order valence-electron chi connectivity index (χ3n) is 4.24. The van der Waals surface area contributed by atoms with Crippen LogP contribution in [0.5, 0.6) is 0 Å². The molecule has 0 aromatic heterocycles. The lowest BCUT2D eigenvalue weighted by molar-refractivity contribution is 0.105. The van der Waals surface area contributed by atoms with Gasteiger partial charge in [0.25, 0.3) is 0 Å². The fourth-order valence-corrected chi connectivity index (χ4v) is 3.04. The Balaban J connectivity index is 1.62. The Morgan fingerprint density at radius 3 is 2.61 bits per heavy atom. The van der Waals surface area contributed by atoms with E-state index in [4.69, 9.17) is 10.5 Å². The van der Waals surface area contributed by atoms with Gasteiger partial charge in [-0.15, -0.1) is 0 Å². The first-order chi connectivity index (χ1) is 8.79. The van der Waals surface area contributed by atoms with Crippen LogP contribution in [0.2, 0.25) is 0 Å². The third kappa shape index (κ3) is 4.19. The van der Waals surface area contributed by atoms with Gasteiger partial charge in [-0.3, -0.25) is 9.80 Å². The molecule has 4 nitrogen and oxygen atoms in total. The molecule has 2 N–H and O–H groups in total. The predicted molar refractivity (Wildman–Crippen MR) is 74.7 cm³/mol. The molecular formula is C14H29N3O. The quantitative estimate of drug-likeness (QED) is 0.716. The van der Waals surface area contributed by atoms with Crippen LogP contribution in [0.15, 0.2) is 0 Å². The van der Waals surface area contributed by atoms with Crippen molar-refractivity contribution < 1.29 is 4.74 Å². The van der Waals surface area contributed by atoms with Gasteiger partial charge in [-0.2, -0.15) is 0 Å². The van der Waals surface area contributed by atoms with Gasteiger partial charge < -0.3 is 10.5 Å². The van der Waals surface area contributed by atoms with Crippen LogP contribution < -0.4 is 5.73 Å². The van der Waals surface area contributed by atoms with Crippen LogP contribution in [-0.4, -0.2) is 67.8 Å². The number of piperidine rings is 1. The summed E-state index contributed by atoms with van der Waals surface area (Å²) in [7, 11) is 0. The van der Waals surface area contributed by atoms with Crippen molar-refractivity contribution in [3.8, 4) is 0 Å². The predicted octanol–water partition coefficient (Wildman–Crippen LogP) is 0.910. The summed E-state index contributed by atoms with van der Waals surface area (Å²) in [5.41, 5.74) is 5.96. The van der Waals surface area contributed by atoms with E-state index in [0.717, 1.165) is 32.2 Å². The lowest BCUT2D eigenvalue weighted by atomic mass is 10.0. The number of nitrogens with two attached hydrogens (primary N) is 1. The standard InChI is InChI=1S/C14H29N3O/c1-2-10-18-11-9-16-6-5-14(12-16)17-7-3-13(15)4-8-17/h13-14H,2-12,15H2,1H3. The highest BCUT2D eigenvalue weighted by Crippen LogP contribution is 2.19. The summed E-state index contributed by atoms with van der Waals surface area (Å²) < 4.78 is 5.57. The monoisotopic (exact) mass is 255 g/mol. The summed E-state index contributed by atoms with van der Waals surface area (Å²) in [6.45, 7) is 9.93. The number of nitrogens with zero attached hydrogens (tertiary/aromatic N) is 2. The molecule has 0 radical (unpaired) electrons. The van der Waals surface area contributed by atoms with E-state index in [-0.39, 0.29) is 0 Å². The Hall–Kier alpha value is -0.160. The van der Waals surface area contributed by atoms with Crippen molar-refractivity contribution in [2.75, 3.05) is 45.9 Å². The van der Waals surface area contributed by atoms with Crippen molar-refractivity contribution in [3.63, 3.8) is 0 Å². The van der Waals surface area contributed by atoms with E-state index in [1.165, 1.54) is 45.4 Å². The molecule has 1 atom stereocenters. The minimum absolute atomic E-state index is 0.446. The minimum atomic E-state index is 0.446. The second kappa shape index (κ2) is 7.43. The maximum absolute atomic E-state index is 5.96. The van der Waals surface area contributed by atoms with Crippen LogP contribution in [0.3, 0.4) is 0 Å². The summed E-state index contributed by atoms with van der Waals surface area (Å²) >= 11 is 0. The van der Waals surface area contributed by atoms with Gasteiger partial charge >= 0.3 is 0 Å². The Kier molecular flexibility index (Phi) is 5.89. The van der Waals surface area contributed by atoms with Crippen LogP contribution in [-0.2, 0) is 4.74 Å². The maximum atomic E-state index is 5.96. The largest absolute Gasteiger partial charge is 0.380 e. The molecule has 2 aliphatic heterocycles. The van der Waals surface area contributed by atoms with Crippen molar-refractivity contribution in [3.05, 3.63) is 0 Å². The normalized spacial score (nSPS) is 28.0. The molecule has 106 valence electrons. The first kappa shape index (κ1) is 14.3. The summed E-state index contributed by atoms with van der Waals surface area (Å²) in [4.78, 5) is 5.20. The van der Waals surface area contributed by atoms with Gasteiger partial charge in [-0.25, -0.2) is 0 Å². The van der Waals surface area contributed by atoms with Crippen LogP contribution >= 0.6 is 0 Å². The molecule has 4 heteroatoms. The van der Waals surface area contributed by atoms with Gasteiger partial charge in [-0.05, 0) is 45.3 Å². The van der Waals surface area contributed by atoms with Gasteiger partial charge in [-0.1, -0.05) is 6.92 Å². The molecule has 0 aromatic carbocycles. The van der Waals surface area contributed by atoms with Crippen molar-refractivity contribution in [2.24, 2.45) is 5.73 Å². The lowest BCUT2D eigenvalue weighted by Crippen LogP contribution is -2.46. The smallest absolute Gasteiger partial charge is 0.0593 e. The lowest BCUT2D eigenvalue weighted by Gasteiger charge is -2.34. The SMILES string of the molecule is CCCOCCN1CCC(N2CCC(N)CC2)C1. The molecule has 2 fully saturated rings. The highest BCUT2D eigenvalue weighted by molar-refractivity contribution is 4.86. The van der Waals surface area contributed by atoms with Gasteiger partial charge in [0.05, 0.1) is 6.61 Å². The molecule has 2 rings (SSSR count). The molecule has 18 heavy (non-hydrogen) atoms. The average Bonchev–Trinajstić information content (AvgIpc) is 2.84. The second-order valence-corrected chi connectivity index (χ2v) is 5.73. The zero-order chi connectivity index (χ0) is 12.8. The van der Waals surface area contributed by atoms with E-state index in [0.29, 0.717) is 6.04 Å². The second-order valence-electron chi connectivity index (χ2n) is 5.73. The van der Waals surface area contributed by atoms with Crippen LogP contribution in [0.25, 0.3) is 0 Å². The zero-order valence-electron chi connectivity index (χ0n) is 11.8. The first-order valence-electron chi connectivity index (χ1n) is 7.59. The van der Waals surface area contributed by atoms with Crippen molar-refractivity contribution >= 4 is 0 Å². The van der Waals surface area contributed by atoms with Crippen molar-refractivity contribution in [1.82, 2.24) is 9.80 Å². The molecule has 0 aromatic rings. The third-order valence-corrected chi connectivity index (χ3v) is 4.24. The summed E-state index contributed by atoms with van der Waals surface area (Å²) in [6, 6.07) is 1.21. The van der Waals surface area contributed by atoms with E-state index in [9.17, 15) is 0 Å². The van der Waals surface area contributed by atoms with E-state index in [2.05, 4.69) is 16.7 Å². The molecule has 2 saturated heterocycles. The molecule has 0 saturated carbocycles. The Bertz CT molecular complexity index is 229. The Morgan fingerprint density at radius 1 is 1.11 bits per heavy atom. The summed E-state index contributed by atoms with van der Waals surface area (Å²) in [5, 5.41) is 0. The maximum Gasteiger partial charge on any atom is 0.0593 e. The van der Waals surface area contributed by atoms with E-state index in [1.807, 2.05) is 0 Å². The van der Waals surface area contributed by atoms with Crippen molar-refractivity contribution in [1.29, 1.82) is 0 Å². The van der Waals surface area contributed by atoms with Crippen molar-refractivity contribution in [2.45, 2.75) is 44.7 Å². The first-order valence-corrected chi connectivity index (χ1v) is 7.59. The molecule has 0 amide bonds. The molecule has 0 aliphatic carbocycles. The van der Waals surface area contributed by atoms with E-state index in [1.54, 1.807) is 0 Å². The van der Waals surface area contributed by atoms with E-state index >= 15 is 0 Å². The molecular weight excluding hydrogens is 226 g/mol. The number of likely N-dealkylation sites (tertiary alicyclic amines) is 2. The van der Waals surface area contributed by atoms with Crippen LogP contribution in [0.1, 0.15) is 32.6 Å². The fourth-order valence-electron chi connectivity index (χ4n) is 3.04. The van der Waals surface area contributed by atoms with Gasteiger partial charge in [0.1, 0.15) is 0 Å². The number of hydrogen-bond donors (Lipinski definition) is 1. The van der Waals surface area contributed by atoms with Gasteiger partial charge in [0, 0.05) is 31.8 Å². The molecule has 2 heterocycles. The highest BCUT2D eigenvalue weighted by atomic mass is 16.5. The van der Waals surface area contributed by atoms with Crippen LogP contribution in [0, 0.1) is 0 Å². The molecule has 2 aliphatic rings. The van der Waals surface area contributed by atoms with Gasteiger partial charge in [0.2, 0.25) is 0 Å². The molecule has 0 bridgehead atoms. The Labute approximate surface area is 111 Å². The van der Waals surface area contributed by atoms with Gasteiger partial charge in [0.15, 0.2) is 0 Å². The molecule has 1 unspecified atom stereocenters. The average molecular weight is 255 g/mol. The summed E-state index contributed by atoms with van der Waals surface area (Å²) in [6.07, 6.45) is 4.80. The number of hydrogen-bond acceptors (Lipinski definition) is 4. The molecule has 0 spiro atoms. The minimum Gasteiger partial charge on any atom is -0.380 e. The fraction of sp³-hybridized carbons (Fsp3) is 1.00. The zero-order valence-corrected chi connectivity index (χ0v) is 11.8. The Morgan fingerprint density at radius 2 is 1.89 bits per heavy atom. The summed E-state index contributed by atoms with van der Waals surface area (Å²) in [5.74, 6) is 0. The van der Waals surface area contributed by atoms with E-state index < -0.39 is 0 Å². The topological polar surface area (TPSA) is 41.7 Å². The number of rotatable bonds is 6. The van der Waals surface area contributed by atoms with Crippen LogP contribution in [0.4, 0.5) is 0 Å². The highest BCUT2D eigenvalue weighted by Gasteiger charge is 2.29.